The number of carboxylic acids is 1. The summed E-state index contributed by atoms with van der Waals surface area (Å²) < 4.78 is 39.4. The molecule has 2 amide bonds. The molecule has 1 saturated carbocycles. The number of amides is 2. The molecule has 0 spiro atoms. The number of halogens is 3. The lowest BCUT2D eigenvalue weighted by atomic mass is 9.98. The maximum absolute atomic E-state index is 13.4. The molecule has 114 valence electrons. The van der Waals surface area contributed by atoms with Crippen LogP contribution in [0.25, 0.3) is 0 Å². The van der Waals surface area contributed by atoms with Gasteiger partial charge in [-0.3, -0.25) is 0 Å². The number of carbonyl (C=O) groups is 2. The number of anilines is 1. The third-order valence-electron chi connectivity index (χ3n) is 3.46. The lowest BCUT2D eigenvalue weighted by molar-refractivity contribution is -0.144. The first kappa shape index (κ1) is 15.1. The normalized spacial score (nSPS) is 16.5. The van der Waals surface area contributed by atoms with Gasteiger partial charge in [-0.05, 0) is 12.8 Å². The van der Waals surface area contributed by atoms with Crippen molar-refractivity contribution < 1.29 is 27.9 Å². The fraction of sp³-hybridized carbons (Fsp3) is 0.385. The Bertz CT molecular complexity index is 586. The molecule has 0 saturated heterocycles. The van der Waals surface area contributed by atoms with Crippen LogP contribution in [0.15, 0.2) is 12.1 Å². The summed E-state index contributed by atoms with van der Waals surface area (Å²) >= 11 is 0. The molecule has 3 N–H and O–H groups in total. The van der Waals surface area contributed by atoms with Gasteiger partial charge in [-0.25, -0.2) is 22.8 Å². The predicted molar refractivity (Wildman–Crippen MR) is 67.3 cm³/mol. The van der Waals surface area contributed by atoms with E-state index in [1.165, 1.54) is 0 Å². The topological polar surface area (TPSA) is 78.4 Å². The van der Waals surface area contributed by atoms with Gasteiger partial charge in [0.2, 0.25) is 0 Å². The molecule has 0 heterocycles. The number of urea groups is 1. The van der Waals surface area contributed by atoms with E-state index >= 15 is 0 Å². The van der Waals surface area contributed by atoms with E-state index in [1.54, 1.807) is 0 Å². The van der Waals surface area contributed by atoms with Crippen molar-refractivity contribution in [3.05, 3.63) is 29.6 Å². The summed E-state index contributed by atoms with van der Waals surface area (Å²) in [5.74, 6) is -5.11. The van der Waals surface area contributed by atoms with Crippen molar-refractivity contribution in [3.8, 4) is 0 Å². The zero-order valence-electron chi connectivity index (χ0n) is 10.9. The first-order valence-corrected chi connectivity index (χ1v) is 6.31. The number of rotatable bonds is 3. The second kappa shape index (κ2) is 5.63. The van der Waals surface area contributed by atoms with Gasteiger partial charge in [0, 0.05) is 12.1 Å². The third-order valence-corrected chi connectivity index (χ3v) is 3.46. The highest BCUT2D eigenvalue weighted by atomic mass is 19.2. The Morgan fingerprint density at radius 3 is 2.33 bits per heavy atom. The minimum atomic E-state index is -1.45. The zero-order chi connectivity index (χ0) is 15.6. The molecule has 0 aliphatic heterocycles. The van der Waals surface area contributed by atoms with Crippen molar-refractivity contribution in [1.29, 1.82) is 0 Å². The number of carbonyl (C=O) groups excluding carboxylic acids is 1. The van der Waals surface area contributed by atoms with E-state index in [4.69, 9.17) is 0 Å². The average Bonchev–Trinajstić information content (AvgIpc) is 2.85. The zero-order valence-corrected chi connectivity index (χ0v) is 10.9. The van der Waals surface area contributed by atoms with E-state index in [0.717, 1.165) is 0 Å². The molecule has 1 aliphatic carbocycles. The third kappa shape index (κ3) is 3.09. The van der Waals surface area contributed by atoms with Crippen molar-refractivity contribution in [3.63, 3.8) is 0 Å². The number of hydrogen-bond acceptors (Lipinski definition) is 2. The monoisotopic (exact) mass is 302 g/mol. The molecule has 0 bridgehead atoms. The van der Waals surface area contributed by atoms with Gasteiger partial charge in [0.1, 0.15) is 11.4 Å². The number of nitrogens with one attached hydrogen (secondary N) is 2. The number of aliphatic carboxylic acids is 1. The standard InChI is InChI=1S/C13H13F3N2O3/c14-7-5-8(15)10(16)9(6-7)17-12(21)18-13(11(19)20)3-1-2-4-13/h5-6H,1-4H2,(H,19,20)(H2,17,18,21). The highest BCUT2D eigenvalue weighted by Gasteiger charge is 2.42. The lowest BCUT2D eigenvalue weighted by Gasteiger charge is -2.25. The molecule has 1 aromatic carbocycles. The molecular weight excluding hydrogens is 289 g/mol. The van der Waals surface area contributed by atoms with Crippen LogP contribution in [0, 0.1) is 17.5 Å². The smallest absolute Gasteiger partial charge is 0.329 e. The van der Waals surface area contributed by atoms with Crippen molar-refractivity contribution in [2.75, 3.05) is 5.32 Å². The Morgan fingerprint density at radius 2 is 1.76 bits per heavy atom. The van der Waals surface area contributed by atoms with Crippen LogP contribution in [-0.4, -0.2) is 22.6 Å². The average molecular weight is 302 g/mol. The van der Waals surface area contributed by atoms with Crippen LogP contribution >= 0.6 is 0 Å². The summed E-state index contributed by atoms with van der Waals surface area (Å²) in [6.07, 6.45) is 1.76. The number of hydrogen-bond donors (Lipinski definition) is 3. The minimum Gasteiger partial charge on any atom is -0.480 e. The van der Waals surface area contributed by atoms with Crippen LogP contribution in [0.5, 0.6) is 0 Å². The van der Waals surface area contributed by atoms with Gasteiger partial charge in [-0.2, -0.15) is 0 Å². The van der Waals surface area contributed by atoms with Crippen LogP contribution in [0.2, 0.25) is 0 Å². The van der Waals surface area contributed by atoms with Crippen LogP contribution in [0.3, 0.4) is 0 Å². The van der Waals surface area contributed by atoms with Crippen molar-refractivity contribution in [2.24, 2.45) is 0 Å². The van der Waals surface area contributed by atoms with Crippen LogP contribution in [0.1, 0.15) is 25.7 Å². The number of benzene rings is 1. The molecule has 5 nitrogen and oxygen atoms in total. The maximum Gasteiger partial charge on any atom is 0.329 e. The summed E-state index contributed by atoms with van der Waals surface area (Å²) in [5, 5.41) is 13.4. The Balaban J connectivity index is 2.13. The van der Waals surface area contributed by atoms with E-state index in [1.807, 2.05) is 5.32 Å². The molecule has 0 aromatic heterocycles. The minimum absolute atomic E-state index is 0.246. The van der Waals surface area contributed by atoms with Crippen molar-refractivity contribution in [1.82, 2.24) is 5.32 Å². The molecule has 1 aliphatic rings. The van der Waals surface area contributed by atoms with Crippen LogP contribution < -0.4 is 10.6 Å². The second-order valence-corrected chi connectivity index (χ2v) is 4.92. The molecule has 0 unspecified atom stereocenters. The second-order valence-electron chi connectivity index (χ2n) is 4.92. The summed E-state index contributed by atoms with van der Waals surface area (Å²) in [4.78, 5) is 23.0. The number of carboxylic acid groups (broad SMARTS) is 1. The largest absolute Gasteiger partial charge is 0.480 e. The van der Waals surface area contributed by atoms with Gasteiger partial charge >= 0.3 is 12.0 Å². The van der Waals surface area contributed by atoms with E-state index in [2.05, 4.69) is 5.32 Å². The van der Waals surface area contributed by atoms with Crippen molar-refractivity contribution >= 4 is 17.7 Å². The van der Waals surface area contributed by atoms with Crippen LogP contribution in [-0.2, 0) is 4.79 Å². The predicted octanol–water partition coefficient (Wildman–Crippen LogP) is 2.62. The summed E-state index contributed by atoms with van der Waals surface area (Å²) in [7, 11) is 0. The summed E-state index contributed by atoms with van der Waals surface area (Å²) in [5.41, 5.74) is -2.12. The summed E-state index contributed by atoms with van der Waals surface area (Å²) in [6.45, 7) is 0. The van der Waals surface area contributed by atoms with E-state index in [9.17, 15) is 27.9 Å². The van der Waals surface area contributed by atoms with Crippen LogP contribution in [0.4, 0.5) is 23.7 Å². The Kier molecular flexibility index (Phi) is 4.06. The van der Waals surface area contributed by atoms with E-state index in [-0.39, 0.29) is 12.8 Å². The van der Waals surface area contributed by atoms with Gasteiger partial charge < -0.3 is 15.7 Å². The molecule has 0 atom stereocenters. The molecule has 1 fully saturated rings. The lowest BCUT2D eigenvalue weighted by Crippen LogP contribution is -2.53. The first-order valence-electron chi connectivity index (χ1n) is 6.31. The molecule has 1 aromatic rings. The van der Waals surface area contributed by atoms with Gasteiger partial charge in [-0.1, -0.05) is 12.8 Å². The SMILES string of the molecule is O=C(Nc1cc(F)cc(F)c1F)NC1(C(=O)O)CCCC1. The van der Waals surface area contributed by atoms with Gasteiger partial charge in [0.25, 0.3) is 0 Å². The Hall–Kier alpha value is -2.25. The van der Waals surface area contributed by atoms with Gasteiger partial charge in [0.05, 0.1) is 5.69 Å². The fourth-order valence-electron chi connectivity index (χ4n) is 2.39. The molecular formula is C13H13F3N2O3. The van der Waals surface area contributed by atoms with E-state index < -0.39 is 40.7 Å². The highest BCUT2D eigenvalue weighted by Crippen LogP contribution is 2.30. The van der Waals surface area contributed by atoms with E-state index in [0.29, 0.717) is 25.0 Å². The Morgan fingerprint density at radius 1 is 1.14 bits per heavy atom. The first-order chi connectivity index (χ1) is 9.84. The fourth-order valence-corrected chi connectivity index (χ4v) is 2.39. The van der Waals surface area contributed by atoms with Gasteiger partial charge in [0.15, 0.2) is 11.6 Å². The molecule has 8 heteroatoms. The van der Waals surface area contributed by atoms with Crippen molar-refractivity contribution in [2.45, 2.75) is 31.2 Å². The van der Waals surface area contributed by atoms with Gasteiger partial charge in [-0.15, -0.1) is 0 Å². The molecule has 2 rings (SSSR count). The molecule has 0 radical (unpaired) electrons. The summed E-state index contributed by atoms with van der Waals surface area (Å²) in [6, 6.07) is -0.0722. The Labute approximate surface area is 118 Å². The maximum atomic E-state index is 13.4. The quantitative estimate of drug-likeness (QED) is 0.751. The highest BCUT2D eigenvalue weighted by molar-refractivity contribution is 5.94. The molecule has 21 heavy (non-hydrogen) atoms.